The van der Waals surface area contributed by atoms with Crippen molar-refractivity contribution in [2.24, 2.45) is 11.8 Å². The van der Waals surface area contributed by atoms with Gasteiger partial charge in [-0.1, -0.05) is 43.5 Å². The van der Waals surface area contributed by atoms with Crippen LogP contribution in [0.3, 0.4) is 0 Å². The molecule has 2 aromatic carbocycles. The van der Waals surface area contributed by atoms with E-state index in [9.17, 15) is 14.4 Å². The molecule has 2 aromatic rings. The van der Waals surface area contributed by atoms with Crippen molar-refractivity contribution in [3.8, 4) is 11.5 Å². The summed E-state index contributed by atoms with van der Waals surface area (Å²) in [6, 6.07) is 13.8. The van der Waals surface area contributed by atoms with E-state index in [2.05, 4.69) is 10.6 Å². The zero-order valence-electron chi connectivity index (χ0n) is 23.5. The number of nitrogens with zero attached hydrogens (tertiary/aromatic N) is 1. The summed E-state index contributed by atoms with van der Waals surface area (Å²) >= 11 is 0. The summed E-state index contributed by atoms with van der Waals surface area (Å²) in [4.78, 5) is 43.5. The number of hydrogen-bond acceptors (Lipinski definition) is 6. The fraction of sp³-hybridized carbons (Fsp3) is 0.469. The van der Waals surface area contributed by atoms with Gasteiger partial charge >= 0.3 is 0 Å². The lowest BCUT2D eigenvalue weighted by atomic mass is 9.74. The second-order valence-corrected chi connectivity index (χ2v) is 11.3. The minimum absolute atomic E-state index is 0.0711. The van der Waals surface area contributed by atoms with Gasteiger partial charge in [0.25, 0.3) is 0 Å². The van der Waals surface area contributed by atoms with Crippen LogP contribution in [0.5, 0.6) is 11.5 Å². The minimum Gasteiger partial charge on any atom is -0.497 e. The maximum atomic E-state index is 14.2. The first kappa shape index (κ1) is 27.3. The molecule has 0 radical (unpaired) electrons. The van der Waals surface area contributed by atoms with Crippen molar-refractivity contribution in [2.45, 2.75) is 69.4 Å². The zero-order valence-corrected chi connectivity index (χ0v) is 23.5. The highest BCUT2D eigenvalue weighted by Gasteiger charge is 2.72. The van der Waals surface area contributed by atoms with E-state index >= 15 is 0 Å². The number of benzene rings is 2. The third-order valence-corrected chi connectivity index (χ3v) is 8.80. The van der Waals surface area contributed by atoms with Crippen LogP contribution in [0.15, 0.2) is 60.7 Å². The van der Waals surface area contributed by atoms with Gasteiger partial charge in [0.05, 0.1) is 31.7 Å². The predicted molar refractivity (Wildman–Crippen MR) is 152 cm³/mol. The Balaban J connectivity index is 1.30. The van der Waals surface area contributed by atoms with Crippen molar-refractivity contribution in [3.63, 3.8) is 0 Å². The second kappa shape index (κ2) is 11.2. The molecule has 3 fully saturated rings. The maximum Gasteiger partial charge on any atom is 0.246 e. The smallest absolute Gasteiger partial charge is 0.246 e. The average Bonchev–Trinajstić information content (AvgIpc) is 3.62. The Morgan fingerprint density at radius 2 is 1.83 bits per heavy atom. The van der Waals surface area contributed by atoms with Crippen molar-refractivity contribution in [3.05, 3.63) is 66.2 Å². The molecule has 1 spiro atoms. The third-order valence-electron chi connectivity index (χ3n) is 8.80. The maximum absolute atomic E-state index is 14.2. The zero-order chi connectivity index (χ0) is 28.6. The fourth-order valence-corrected chi connectivity index (χ4v) is 6.96. The molecule has 0 unspecified atom stereocenters. The lowest BCUT2D eigenvalue weighted by molar-refractivity contribution is -0.142. The molecule has 0 aromatic heterocycles. The molecule has 1 aliphatic carbocycles. The van der Waals surface area contributed by atoms with E-state index in [1.54, 1.807) is 36.3 Å². The first-order chi connectivity index (χ1) is 19.9. The summed E-state index contributed by atoms with van der Waals surface area (Å²) in [5.41, 5.74) is 0.225. The summed E-state index contributed by atoms with van der Waals surface area (Å²) in [6.45, 7) is 2.66. The van der Waals surface area contributed by atoms with E-state index in [4.69, 9.17) is 14.2 Å². The van der Waals surface area contributed by atoms with Gasteiger partial charge in [0, 0.05) is 18.3 Å². The van der Waals surface area contributed by atoms with Crippen molar-refractivity contribution in [1.29, 1.82) is 0 Å². The van der Waals surface area contributed by atoms with Gasteiger partial charge in [0.15, 0.2) is 0 Å². The van der Waals surface area contributed by atoms with Gasteiger partial charge in [0.2, 0.25) is 17.7 Å². The first-order valence-electron chi connectivity index (χ1n) is 14.6. The van der Waals surface area contributed by atoms with Gasteiger partial charge < -0.3 is 29.7 Å². The van der Waals surface area contributed by atoms with Crippen LogP contribution in [0.25, 0.3) is 0 Å². The summed E-state index contributed by atoms with van der Waals surface area (Å²) in [7, 11) is 1.59. The average molecular weight is 560 g/mol. The molecule has 3 amide bonds. The molecule has 1 saturated carbocycles. The number of fused-ring (bicyclic) bond motifs is 1. The highest BCUT2D eigenvalue weighted by Crippen LogP contribution is 2.55. The Kier molecular flexibility index (Phi) is 7.46. The molecule has 9 nitrogen and oxygen atoms in total. The van der Waals surface area contributed by atoms with Crippen molar-refractivity contribution in [2.75, 3.05) is 19.0 Å². The standard InChI is InChI=1S/C32H37N3O6/c1-3-40-23-14-12-22(13-15-23)33-29(36)26-25-16-17-32(41-25)27(26)31(38)35(19-20-8-7-11-24(18-20)39-2)28(32)30(37)34-21-9-5-4-6-10-21/h7-8,11-18,21,25-28H,3-6,9-10,19H2,1-2H3,(H,33,36)(H,34,37)/t25-,26-,27-,28-,32-/m1/s1. The Morgan fingerprint density at radius 1 is 1.05 bits per heavy atom. The van der Waals surface area contributed by atoms with Crippen LogP contribution in [0, 0.1) is 11.8 Å². The predicted octanol–water partition coefficient (Wildman–Crippen LogP) is 3.83. The molecule has 9 heteroatoms. The molecular formula is C32H37N3O6. The van der Waals surface area contributed by atoms with E-state index in [1.165, 1.54) is 6.42 Å². The summed E-state index contributed by atoms with van der Waals surface area (Å²) < 4.78 is 17.4. The normalized spacial score (nSPS) is 28.4. The van der Waals surface area contributed by atoms with E-state index in [0.29, 0.717) is 23.8 Å². The third kappa shape index (κ3) is 4.96. The van der Waals surface area contributed by atoms with Crippen LogP contribution in [0.4, 0.5) is 5.69 Å². The van der Waals surface area contributed by atoms with Gasteiger partial charge in [-0.2, -0.15) is 0 Å². The summed E-state index contributed by atoms with van der Waals surface area (Å²) in [5.74, 6) is -0.989. The Labute approximate surface area is 240 Å². The van der Waals surface area contributed by atoms with Crippen molar-refractivity contribution in [1.82, 2.24) is 10.2 Å². The molecule has 5 atom stereocenters. The number of amides is 3. The van der Waals surface area contributed by atoms with E-state index in [1.807, 2.05) is 43.3 Å². The molecule has 216 valence electrons. The van der Waals surface area contributed by atoms with Crippen LogP contribution in [-0.2, 0) is 25.7 Å². The monoisotopic (exact) mass is 559 g/mol. The van der Waals surface area contributed by atoms with Crippen molar-refractivity contribution < 1.29 is 28.6 Å². The molecule has 2 saturated heterocycles. The number of hydrogen-bond donors (Lipinski definition) is 2. The Morgan fingerprint density at radius 3 is 2.56 bits per heavy atom. The highest BCUT2D eigenvalue weighted by atomic mass is 16.5. The number of likely N-dealkylation sites (tertiary alicyclic amines) is 1. The summed E-state index contributed by atoms with van der Waals surface area (Å²) in [5, 5.41) is 6.19. The van der Waals surface area contributed by atoms with E-state index in [0.717, 1.165) is 31.2 Å². The summed E-state index contributed by atoms with van der Waals surface area (Å²) in [6.07, 6.45) is 8.25. The van der Waals surface area contributed by atoms with Crippen molar-refractivity contribution >= 4 is 23.4 Å². The Bertz CT molecular complexity index is 1340. The number of carbonyl (C=O) groups excluding carboxylic acids is 3. The number of anilines is 1. The van der Waals surface area contributed by atoms with Gasteiger partial charge in [-0.3, -0.25) is 14.4 Å². The molecule has 4 aliphatic rings. The number of nitrogens with one attached hydrogen (secondary N) is 2. The molecule has 6 rings (SSSR count). The molecule has 3 aliphatic heterocycles. The lowest BCUT2D eigenvalue weighted by Gasteiger charge is -2.34. The van der Waals surface area contributed by atoms with Crippen LogP contribution in [0.2, 0.25) is 0 Å². The molecule has 3 heterocycles. The van der Waals surface area contributed by atoms with Gasteiger partial charge in [-0.15, -0.1) is 0 Å². The SMILES string of the molecule is CCOc1ccc(NC(=O)[C@@H]2[C@H]3C=C[C@@]4(O3)[C@H]2C(=O)N(Cc2cccc(OC)c2)[C@@H]4C(=O)NC2CCCCC2)cc1. The molecule has 41 heavy (non-hydrogen) atoms. The molecule has 2 N–H and O–H groups in total. The van der Waals surface area contributed by atoms with Crippen LogP contribution < -0.4 is 20.1 Å². The highest BCUT2D eigenvalue weighted by molar-refractivity contribution is 6.02. The Hall–Kier alpha value is -3.85. The van der Waals surface area contributed by atoms with E-state index < -0.39 is 29.6 Å². The number of carbonyl (C=O) groups is 3. The second-order valence-electron chi connectivity index (χ2n) is 11.3. The van der Waals surface area contributed by atoms with Crippen LogP contribution in [-0.4, -0.2) is 60.1 Å². The minimum atomic E-state index is -1.21. The lowest BCUT2D eigenvalue weighted by Crippen LogP contribution is -2.56. The van der Waals surface area contributed by atoms with Crippen LogP contribution >= 0.6 is 0 Å². The largest absolute Gasteiger partial charge is 0.497 e. The first-order valence-corrected chi connectivity index (χ1v) is 14.6. The number of rotatable bonds is 9. The fourth-order valence-electron chi connectivity index (χ4n) is 6.96. The number of ether oxygens (including phenoxy) is 3. The molecular weight excluding hydrogens is 522 g/mol. The van der Waals surface area contributed by atoms with Crippen LogP contribution in [0.1, 0.15) is 44.6 Å². The van der Waals surface area contributed by atoms with E-state index in [-0.39, 0.29) is 30.3 Å². The van der Waals surface area contributed by atoms with Gasteiger partial charge in [0.1, 0.15) is 23.1 Å². The topological polar surface area (TPSA) is 106 Å². The number of methoxy groups -OCH3 is 1. The van der Waals surface area contributed by atoms with Gasteiger partial charge in [-0.05, 0) is 61.7 Å². The van der Waals surface area contributed by atoms with Gasteiger partial charge in [-0.25, -0.2) is 0 Å². The molecule has 2 bridgehead atoms. The quantitative estimate of drug-likeness (QED) is 0.453.